The van der Waals surface area contributed by atoms with Crippen LogP contribution in [0.25, 0.3) is 0 Å². The zero-order valence-corrected chi connectivity index (χ0v) is 8.48. The number of aliphatic hydroxyl groups is 1. The topological polar surface area (TPSA) is 63.8 Å². The van der Waals surface area contributed by atoms with Crippen LogP contribution in [0, 0.1) is 0 Å². The highest BCUT2D eigenvalue weighted by atomic mass is 32.1. The fourth-order valence-electron chi connectivity index (χ4n) is 1.22. The van der Waals surface area contributed by atoms with Crippen LogP contribution in [-0.4, -0.2) is 24.9 Å². The van der Waals surface area contributed by atoms with Gasteiger partial charge in [-0.15, -0.1) is 11.3 Å². The van der Waals surface area contributed by atoms with E-state index >= 15 is 0 Å². The van der Waals surface area contributed by atoms with Gasteiger partial charge in [-0.25, -0.2) is 9.67 Å². The summed E-state index contributed by atoms with van der Waals surface area (Å²) in [6.07, 6.45) is 2.37. The van der Waals surface area contributed by atoms with E-state index in [-0.39, 0.29) is 0 Å². The third-order valence-electron chi connectivity index (χ3n) is 1.91. The number of aromatic nitrogens is 4. The average Bonchev–Trinajstić information content (AvgIpc) is 2.87. The Bertz CT molecular complexity index is 397. The Labute approximate surface area is 85.1 Å². The van der Waals surface area contributed by atoms with Crippen molar-refractivity contribution in [3.8, 4) is 0 Å². The predicted molar refractivity (Wildman–Crippen MR) is 51.9 cm³/mol. The summed E-state index contributed by atoms with van der Waals surface area (Å²) in [6.45, 7) is 2.66. The van der Waals surface area contributed by atoms with Crippen LogP contribution in [0.3, 0.4) is 0 Å². The molecule has 0 bridgehead atoms. The van der Waals surface area contributed by atoms with Gasteiger partial charge in [0.25, 0.3) is 0 Å². The van der Waals surface area contributed by atoms with Gasteiger partial charge in [-0.05, 0) is 6.92 Å². The fourth-order valence-corrected chi connectivity index (χ4v) is 1.82. The molecule has 0 aliphatic carbocycles. The van der Waals surface area contributed by atoms with E-state index in [4.69, 9.17) is 0 Å². The van der Waals surface area contributed by atoms with Crippen LogP contribution < -0.4 is 0 Å². The number of aryl methyl sites for hydroxylation is 1. The minimum absolute atomic E-state index is 0.566. The lowest BCUT2D eigenvalue weighted by Crippen LogP contribution is -2.09. The minimum Gasteiger partial charge on any atom is -0.379 e. The smallest absolute Gasteiger partial charge is 0.161 e. The van der Waals surface area contributed by atoms with Crippen molar-refractivity contribution >= 4 is 11.3 Å². The Hall–Kier alpha value is -1.27. The lowest BCUT2D eigenvalue weighted by atomic mass is 10.3. The Morgan fingerprint density at radius 3 is 3.14 bits per heavy atom. The first-order valence-corrected chi connectivity index (χ1v) is 5.15. The van der Waals surface area contributed by atoms with E-state index in [2.05, 4.69) is 15.1 Å². The summed E-state index contributed by atoms with van der Waals surface area (Å²) in [5.41, 5.74) is 1.69. The molecule has 0 spiro atoms. The molecule has 0 saturated heterocycles. The van der Waals surface area contributed by atoms with Crippen LogP contribution in [-0.2, 0) is 6.54 Å². The molecular weight excluding hydrogens is 200 g/mol. The second kappa shape index (κ2) is 3.85. The Balaban J connectivity index is 2.31. The van der Waals surface area contributed by atoms with Crippen molar-refractivity contribution in [2.24, 2.45) is 0 Å². The van der Waals surface area contributed by atoms with Crippen LogP contribution in [0.4, 0.5) is 0 Å². The molecule has 2 rings (SSSR count). The first kappa shape index (κ1) is 9.29. The van der Waals surface area contributed by atoms with E-state index in [1.54, 1.807) is 16.4 Å². The van der Waals surface area contributed by atoms with E-state index in [1.165, 1.54) is 17.7 Å². The lowest BCUT2D eigenvalue weighted by molar-refractivity contribution is 0.206. The van der Waals surface area contributed by atoms with Gasteiger partial charge in [-0.2, -0.15) is 5.10 Å². The summed E-state index contributed by atoms with van der Waals surface area (Å²) in [6, 6.07) is 0. The van der Waals surface area contributed by atoms with Crippen LogP contribution in [0.2, 0.25) is 0 Å². The molecule has 0 aromatic carbocycles. The van der Waals surface area contributed by atoms with Gasteiger partial charge in [-0.1, -0.05) is 0 Å². The maximum Gasteiger partial charge on any atom is 0.161 e. The normalized spacial score (nSPS) is 13.0. The van der Waals surface area contributed by atoms with Crippen molar-refractivity contribution in [3.05, 3.63) is 28.7 Å². The van der Waals surface area contributed by atoms with E-state index in [0.717, 1.165) is 4.88 Å². The maximum atomic E-state index is 9.93. The number of nitrogens with zero attached hydrogens (tertiary/aromatic N) is 4. The zero-order chi connectivity index (χ0) is 9.97. The molecule has 2 aromatic heterocycles. The van der Waals surface area contributed by atoms with E-state index in [9.17, 15) is 5.11 Å². The lowest BCUT2D eigenvalue weighted by Gasteiger charge is -2.07. The second-order valence-electron chi connectivity index (χ2n) is 2.74. The Morgan fingerprint density at radius 1 is 1.64 bits per heavy atom. The zero-order valence-electron chi connectivity index (χ0n) is 7.66. The van der Waals surface area contributed by atoms with Gasteiger partial charge in [0, 0.05) is 12.7 Å². The monoisotopic (exact) mass is 210 g/mol. The average molecular weight is 210 g/mol. The van der Waals surface area contributed by atoms with E-state index in [1.807, 2.05) is 6.92 Å². The number of hydrogen-bond acceptors (Lipinski definition) is 5. The van der Waals surface area contributed by atoms with Crippen LogP contribution in [0.15, 0.2) is 18.0 Å². The van der Waals surface area contributed by atoms with E-state index < -0.39 is 6.10 Å². The highest BCUT2D eigenvalue weighted by Gasteiger charge is 2.17. The molecule has 0 aliphatic heterocycles. The molecule has 0 saturated carbocycles. The summed E-state index contributed by atoms with van der Waals surface area (Å²) in [5.74, 6) is 0.566. The Morgan fingerprint density at radius 2 is 2.50 bits per heavy atom. The molecule has 5 nitrogen and oxygen atoms in total. The van der Waals surface area contributed by atoms with Gasteiger partial charge < -0.3 is 5.11 Å². The van der Waals surface area contributed by atoms with Gasteiger partial charge in [0.05, 0.1) is 10.4 Å². The number of thiazole rings is 1. The molecule has 0 aliphatic rings. The Kier molecular flexibility index (Phi) is 2.55. The largest absolute Gasteiger partial charge is 0.379 e. The van der Waals surface area contributed by atoms with Crippen molar-refractivity contribution in [1.82, 2.24) is 19.7 Å². The molecular formula is C8H10N4OS. The summed E-state index contributed by atoms with van der Waals surface area (Å²) >= 11 is 1.41. The van der Waals surface area contributed by atoms with Crippen LogP contribution in [0.5, 0.6) is 0 Å². The fraction of sp³-hybridized carbons (Fsp3) is 0.375. The molecule has 1 N–H and O–H groups in total. The highest BCUT2D eigenvalue weighted by Crippen LogP contribution is 2.22. The summed E-state index contributed by atoms with van der Waals surface area (Å²) in [5, 5.41) is 13.9. The van der Waals surface area contributed by atoms with Gasteiger partial charge in [0.1, 0.15) is 12.4 Å². The third kappa shape index (κ3) is 1.53. The first-order valence-electron chi connectivity index (χ1n) is 4.27. The van der Waals surface area contributed by atoms with Crippen molar-refractivity contribution in [1.29, 1.82) is 0 Å². The third-order valence-corrected chi connectivity index (χ3v) is 2.74. The number of aliphatic hydroxyl groups excluding tert-OH is 1. The van der Waals surface area contributed by atoms with Crippen LogP contribution >= 0.6 is 11.3 Å². The molecule has 14 heavy (non-hydrogen) atoms. The van der Waals surface area contributed by atoms with Gasteiger partial charge in [-0.3, -0.25) is 4.98 Å². The summed E-state index contributed by atoms with van der Waals surface area (Å²) in [4.78, 5) is 8.72. The number of rotatable bonds is 3. The standard InChI is InChI=1S/C8H10N4OS/c1-2-12-8(10-4-11-12)7(13)6-3-9-5-14-6/h3-5,7,13H,2H2,1H3. The second-order valence-corrected chi connectivity index (χ2v) is 3.66. The van der Waals surface area contributed by atoms with Crippen molar-refractivity contribution in [2.75, 3.05) is 0 Å². The van der Waals surface area contributed by atoms with Gasteiger partial charge in [0.2, 0.25) is 0 Å². The summed E-state index contributed by atoms with van der Waals surface area (Å²) in [7, 11) is 0. The maximum absolute atomic E-state index is 9.93. The van der Waals surface area contributed by atoms with E-state index in [0.29, 0.717) is 12.4 Å². The quantitative estimate of drug-likeness (QED) is 0.815. The predicted octanol–water partition coefficient (Wildman–Crippen LogP) is 0.836. The van der Waals surface area contributed by atoms with Gasteiger partial charge >= 0.3 is 0 Å². The molecule has 6 heteroatoms. The van der Waals surface area contributed by atoms with Gasteiger partial charge in [0.15, 0.2) is 5.82 Å². The molecule has 2 heterocycles. The molecule has 1 atom stereocenters. The molecule has 0 radical (unpaired) electrons. The number of hydrogen-bond donors (Lipinski definition) is 1. The minimum atomic E-state index is -0.718. The first-order chi connectivity index (χ1) is 6.83. The van der Waals surface area contributed by atoms with Crippen molar-refractivity contribution < 1.29 is 5.11 Å². The van der Waals surface area contributed by atoms with Crippen LogP contribution in [0.1, 0.15) is 23.7 Å². The molecule has 0 fully saturated rings. The van der Waals surface area contributed by atoms with Crippen molar-refractivity contribution in [2.45, 2.75) is 19.6 Å². The van der Waals surface area contributed by atoms with Crippen molar-refractivity contribution in [3.63, 3.8) is 0 Å². The molecule has 2 aromatic rings. The highest BCUT2D eigenvalue weighted by molar-refractivity contribution is 7.09. The molecule has 1 unspecified atom stereocenters. The summed E-state index contributed by atoms with van der Waals surface area (Å²) < 4.78 is 1.67. The SMILES string of the molecule is CCn1ncnc1C(O)c1cncs1. The molecule has 74 valence electrons. The molecule has 0 amide bonds.